The Hall–Kier alpha value is -1.00. The SMILES string of the molecule is C=C(S/C=C(\C)Cc1cc(C)c(I)cc1C)c1ccc(C2CCCC2)cc1. The lowest BCUT2D eigenvalue weighted by atomic mass is 9.97. The summed E-state index contributed by atoms with van der Waals surface area (Å²) in [6.07, 6.45) is 6.49. The van der Waals surface area contributed by atoms with E-state index in [1.165, 1.54) is 62.6 Å². The molecule has 0 amide bonds. The van der Waals surface area contributed by atoms with Crippen molar-refractivity contribution in [2.45, 2.75) is 58.8 Å². The van der Waals surface area contributed by atoms with Crippen molar-refractivity contribution in [3.8, 4) is 0 Å². The molecule has 0 unspecified atom stereocenters. The smallest absolute Gasteiger partial charge is 0.0162 e. The Morgan fingerprint density at radius 2 is 1.78 bits per heavy atom. The zero-order valence-corrected chi connectivity index (χ0v) is 19.6. The van der Waals surface area contributed by atoms with E-state index in [0.717, 1.165) is 17.2 Å². The summed E-state index contributed by atoms with van der Waals surface area (Å²) in [7, 11) is 0. The second kappa shape index (κ2) is 9.47. The maximum atomic E-state index is 4.29. The first-order valence-corrected chi connectivity index (χ1v) is 11.8. The second-order valence-electron chi connectivity index (χ2n) is 7.81. The molecular weight excluding hydrogens is 459 g/mol. The molecule has 2 aromatic rings. The van der Waals surface area contributed by atoms with E-state index in [0.29, 0.717) is 0 Å². The van der Waals surface area contributed by atoms with Crippen molar-refractivity contribution in [3.05, 3.63) is 85.3 Å². The van der Waals surface area contributed by atoms with Gasteiger partial charge in [0.15, 0.2) is 0 Å². The maximum absolute atomic E-state index is 4.29. The van der Waals surface area contributed by atoms with Gasteiger partial charge in [-0.1, -0.05) is 67.1 Å². The number of rotatable bonds is 6. The van der Waals surface area contributed by atoms with Crippen LogP contribution in [0.3, 0.4) is 0 Å². The van der Waals surface area contributed by atoms with Crippen molar-refractivity contribution >= 4 is 39.3 Å². The zero-order chi connectivity index (χ0) is 19.4. The molecule has 0 N–H and O–H groups in total. The van der Waals surface area contributed by atoms with Crippen LogP contribution >= 0.6 is 34.4 Å². The fraction of sp³-hybridized carbons (Fsp3) is 0.360. The van der Waals surface area contributed by atoms with Gasteiger partial charge in [0.25, 0.3) is 0 Å². The van der Waals surface area contributed by atoms with Crippen LogP contribution in [0.2, 0.25) is 0 Å². The number of allylic oxidation sites excluding steroid dienone is 1. The molecule has 0 nitrogen and oxygen atoms in total. The van der Waals surface area contributed by atoms with Gasteiger partial charge in [-0.2, -0.15) is 0 Å². The van der Waals surface area contributed by atoms with Crippen LogP contribution in [-0.2, 0) is 6.42 Å². The molecule has 27 heavy (non-hydrogen) atoms. The van der Waals surface area contributed by atoms with Crippen molar-refractivity contribution in [3.63, 3.8) is 0 Å². The van der Waals surface area contributed by atoms with Gasteiger partial charge in [0, 0.05) is 8.48 Å². The van der Waals surface area contributed by atoms with E-state index in [9.17, 15) is 0 Å². The number of benzene rings is 2. The average Bonchev–Trinajstić information content (AvgIpc) is 3.19. The number of aryl methyl sites for hydroxylation is 2. The summed E-state index contributed by atoms with van der Waals surface area (Å²) >= 11 is 4.17. The molecule has 1 fully saturated rings. The number of thioether (sulfide) groups is 1. The van der Waals surface area contributed by atoms with E-state index in [2.05, 4.69) is 91.7 Å². The highest BCUT2D eigenvalue weighted by Crippen LogP contribution is 2.35. The van der Waals surface area contributed by atoms with E-state index >= 15 is 0 Å². The minimum atomic E-state index is 0.780. The van der Waals surface area contributed by atoms with Crippen LogP contribution in [0.4, 0.5) is 0 Å². The van der Waals surface area contributed by atoms with E-state index in [-0.39, 0.29) is 0 Å². The van der Waals surface area contributed by atoms with Gasteiger partial charge < -0.3 is 0 Å². The van der Waals surface area contributed by atoms with Crippen molar-refractivity contribution < 1.29 is 0 Å². The van der Waals surface area contributed by atoms with Gasteiger partial charge >= 0.3 is 0 Å². The molecule has 1 aliphatic rings. The van der Waals surface area contributed by atoms with E-state index < -0.39 is 0 Å². The summed E-state index contributed by atoms with van der Waals surface area (Å²) in [5.74, 6) is 0.780. The van der Waals surface area contributed by atoms with Crippen molar-refractivity contribution in [2.75, 3.05) is 0 Å². The molecule has 0 atom stereocenters. The van der Waals surface area contributed by atoms with Crippen LogP contribution in [0.25, 0.3) is 4.91 Å². The summed E-state index contributed by atoms with van der Waals surface area (Å²) in [6.45, 7) is 10.9. The largest absolute Gasteiger partial charge is 0.0981 e. The topological polar surface area (TPSA) is 0 Å². The van der Waals surface area contributed by atoms with E-state index in [1.54, 1.807) is 11.8 Å². The van der Waals surface area contributed by atoms with Crippen LogP contribution in [-0.4, -0.2) is 0 Å². The molecule has 2 heteroatoms. The summed E-state index contributed by atoms with van der Waals surface area (Å²) in [5.41, 5.74) is 8.30. The Labute approximate surface area is 182 Å². The number of halogens is 1. The Morgan fingerprint density at radius 1 is 1.11 bits per heavy atom. The minimum absolute atomic E-state index is 0.780. The van der Waals surface area contributed by atoms with Gasteiger partial charge in [-0.25, -0.2) is 0 Å². The summed E-state index contributed by atoms with van der Waals surface area (Å²) in [6, 6.07) is 13.7. The Morgan fingerprint density at radius 3 is 2.44 bits per heavy atom. The van der Waals surface area contributed by atoms with Crippen LogP contribution in [0.1, 0.15) is 66.3 Å². The fourth-order valence-electron chi connectivity index (χ4n) is 3.81. The molecule has 0 spiro atoms. The first-order chi connectivity index (χ1) is 12.9. The fourth-order valence-corrected chi connectivity index (χ4v) is 5.14. The molecule has 2 aromatic carbocycles. The lowest BCUT2D eigenvalue weighted by Gasteiger charge is -2.11. The quantitative estimate of drug-likeness (QED) is 0.368. The maximum Gasteiger partial charge on any atom is 0.0162 e. The van der Waals surface area contributed by atoms with Gasteiger partial charge in [0.05, 0.1) is 0 Å². The van der Waals surface area contributed by atoms with Crippen LogP contribution in [0, 0.1) is 17.4 Å². The van der Waals surface area contributed by atoms with E-state index in [1.807, 2.05) is 0 Å². The molecular formula is C25H29IS. The minimum Gasteiger partial charge on any atom is -0.0981 e. The highest BCUT2D eigenvalue weighted by molar-refractivity contribution is 14.1. The van der Waals surface area contributed by atoms with Crippen LogP contribution < -0.4 is 0 Å². The second-order valence-corrected chi connectivity index (χ2v) is 9.94. The van der Waals surface area contributed by atoms with Crippen molar-refractivity contribution in [1.29, 1.82) is 0 Å². The molecule has 3 rings (SSSR count). The van der Waals surface area contributed by atoms with Crippen LogP contribution in [0.5, 0.6) is 0 Å². The van der Waals surface area contributed by atoms with Gasteiger partial charge in [0.1, 0.15) is 0 Å². The molecule has 0 heterocycles. The van der Waals surface area contributed by atoms with Crippen molar-refractivity contribution in [2.24, 2.45) is 0 Å². The first-order valence-electron chi connectivity index (χ1n) is 9.81. The molecule has 0 aliphatic heterocycles. The highest BCUT2D eigenvalue weighted by Gasteiger charge is 2.16. The third-order valence-corrected chi connectivity index (χ3v) is 7.75. The van der Waals surface area contributed by atoms with Gasteiger partial charge in [0.2, 0.25) is 0 Å². The standard InChI is InChI=1S/C25H29IS/c1-17(13-24-14-19(3)25(26)15-18(24)2)16-27-20(4)21-9-11-23(12-10-21)22-7-5-6-8-22/h9-12,14-16,22H,4-8,13H2,1-3H3/b17-16+. The Kier molecular flexibility index (Phi) is 7.27. The Bertz CT molecular complexity index is 839. The molecule has 0 radical (unpaired) electrons. The van der Waals surface area contributed by atoms with Crippen LogP contribution in [0.15, 0.2) is 54.0 Å². The average molecular weight is 488 g/mol. The normalized spacial score (nSPS) is 15.3. The monoisotopic (exact) mass is 488 g/mol. The zero-order valence-electron chi connectivity index (χ0n) is 16.6. The summed E-state index contributed by atoms with van der Waals surface area (Å²) in [4.78, 5) is 1.13. The van der Waals surface area contributed by atoms with Gasteiger partial charge in [-0.3, -0.25) is 0 Å². The molecule has 142 valence electrons. The molecule has 0 aromatic heterocycles. The number of hydrogen-bond acceptors (Lipinski definition) is 1. The van der Waals surface area contributed by atoms with Gasteiger partial charge in [-0.15, -0.1) is 0 Å². The molecule has 0 bridgehead atoms. The molecule has 0 saturated heterocycles. The molecule has 1 saturated carbocycles. The van der Waals surface area contributed by atoms with E-state index in [4.69, 9.17) is 0 Å². The van der Waals surface area contributed by atoms with Gasteiger partial charge in [-0.05, 0) is 108 Å². The number of hydrogen-bond donors (Lipinski definition) is 0. The predicted molar refractivity (Wildman–Crippen MR) is 130 cm³/mol. The lowest BCUT2D eigenvalue weighted by Crippen LogP contribution is -1.94. The third kappa shape index (κ3) is 5.51. The lowest BCUT2D eigenvalue weighted by molar-refractivity contribution is 0.723. The summed E-state index contributed by atoms with van der Waals surface area (Å²) in [5, 5.41) is 2.26. The Balaban J connectivity index is 1.61. The predicted octanol–water partition coefficient (Wildman–Crippen LogP) is 8.42. The third-order valence-electron chi connectivity index (χ3n) is 5.55. The summed E-state index contributed by atoms with van der Waals surface area (Å²) < 4.78 is 1.35. The molecule has 1 aliphatic carbocycles. The highest BCUT2D eigenvalue weighted by atomic mass is 127. The first kappa shape index (κ1) is 20.7. The van der Waals surface area contributed by atoms with Crippen molar-refractivity contribution in [1.82, 2.24) is 0 Å².